The molecule has 1 nitrogen and oxygen atoms in total. The fourth-order valence-corrected chi connectivity index (χ4v) is 4.50. The molecule has 0 aromatic carbocycles. The molecule has 2 heteroatoms. The molecule has 0 spiro atoms. The second-order valence-corrected chi connectivity index (χ2v) is 6.60. The first-order valence-corrected chi connectivity index (χ1v) is 7.58. The minimum atomic E-state index is 0.512. The summed E-state index contributed by atoms with van der Waals surface area (Å²) < 4.78 is 5.96. The number of alkyl halides is 1. The predicted octanol–water partition coefficient (Wildman–Crippen LogP) is 3.61. The topological polar surface area (TPSA) is 9.23 Å². The van der Waals surface area contributed by atoms with Crippen LogP contribution in [-0.4, -0.2) is 18.5 Å². The molecule has 3 rings (SSSR count). The molecule has 3 aliphatic rings. The van der Waals surface area contributed by atoms with Crippen molar-refractivity contribution >= 4 is 15.9 Å². The second kappa shape index (κ2) is 4.03. The van der Waals surface area contributed by atoms with E-state index in [2.05, 4.69) is 15.9 Å². The first kappa shape index (κ1) is 10.6. The molecule has 3 aliphatic carbocycles. The third-order valence-corrected chi connectivity index (χ3v) is 5.93. The van der Waals surface area contributed by atoms with Gasteiger partial charge in [-0.1, -0.05) is 22.4 Å². The molecule has 2 bridgehead atoms. The molecular formula is C13H21BrO. The lowest BCUT2D eigenvalue weighted by molar-refractivity contribution is 0.0196. The average Bonchev–Trinajstić information content (AvgIpc) is 2.86. The number of fused-ring (bicyclic) bond motifs is 2. The van der Waals surface area contributed by atoms with E-state index in [0.29, 0.717) is 5.41 Å². The van der Waals surface area contributed by atoms with E-state index in [4.69, 9.17) is 4.74 Å². The summed E-state index contributed by atoms with van der Waals surface area (Å²) in [6.45, 7) is 2.06. The number of ether oxygens (including phenoxy) is 1. The highest BCUT2D eigenvalue weighted by Crippen LogP contribution is 2.56. The van der Waals surface area contributed by atoms with Crippen LogP contribution >= 0.6 is 15.9 Å². The highest BCUT2D eigenvalue weighted by molar-refractivity contribution is 9.09. The monoisotopic (exact) mass is 272 g/mol. The third-order valence-electron chi connectivity index (χ3n) is 4.81. The Morgan fingerprint density at radius 2 is 2.07 bits per heavy atom. The average molecular weight is 273 g/mol. The highest BCUT2D eigenvalue weighted by atomic mass is 79.9. The molecule has 86 valence electrons. The van der Waals surface area contributed by atoms with E-state index in [9.17, 15) is 0 Å². The Morgan fingerprint density at radius 1 is 1.20 bits per heavy atom. The van der Waals surface area contributed by atoms with E-state index in [0.717, 1.165) is 36.3 Å². The largest absolute Gasteiger partial charge is 0.381 e. The van der Waals surface area contributed by atoms with Gasteiger partial charge in [0.2, 0.25) is 0 Å². The number of rotatable bonds is 5. The fourth-order valence-electron chi connectivity index (χ4n) is 3.65. The molecule has 0 radical (unpaired) electrons. The minimum absolute atomic E-state index is 0.512. The van der Waals surface area contributed by atoms with Crippen molar-refractivity contribution in [2.45, 2.75) is 38.5 Å². The standard InChI is InChI=1S/C13H21BrO/c14-8-13(9-15-7-10-1-2-10)6-11-3-4-12(13)5-11/h10-12H,1-9H2. The Kier molecular flexibility index (Phi) is 2.84. The molecule has 0 aromatic heterocycles. The molecule has 15 heavy (non-hydrogen) atoms. The smallest absolute Gasteiger partial charge is 0.0533 e. The van der Waals surface area contributed by atoms with Crippen molar-refractivity contribution in [2.24, 2.45) is 23.2 Å². The summed E-state index contributed by atoms with van der Waals surface area (Å²) in [4.78, 5) is 0. The maximum atomic E-state index is 5.96. The van der Waals surface area contributed by atoms with Crippen molar-refractivity contribution in [2.75, 3.05) is 18.5 Å². The van der Waals surface area contributed by atoms with Crippen molar-refractivity contribution in [3.05, 3.63) is 0 Å². The fraction of sp³-hybridized carbons (Fsp3) is 1.00. The van der Waals surface area contributed by atoms with Crippen molar-refractivity contribution in [1.82, 2.24) is 0 Å². The van der Waals surface area contributed by atoms with E-state index in [-0.39, 0.29) is 0 Å². The van der Waals surface area contributed by atoms with Gasteiger partial charge in [0.15, 0.2) is 0 Å². The maximum Gasteiger partial charge on any atom is 0.0533 e. The van der Waals surface area contributed by atoms with Crippen LogP contribution in [0.25, 0.3) is 0 Å². The summed E-state index contributed by atoms with van der Waals surface area (Å²) in [5, 5.41) is 1.16. The summed E-state index contributed by atoms with van der Waals surface area (Å²) in [5.41, 5.74) is 0.512. The van der Waals surface area contributed by atoms with Crippen LogP contribution in [-0.2, 0) is 4.74 Å². The van der Waals surface area contributed by atoms with Crippen LogP contribution in [0.3, 0.4) is 0 Å². The van der Waals surface area contributed by atoms with Gasteiger partial charge in [0.05, 0.1) is 6.61 Å². The number of hydrogen-bond acceptors (Lipinski definition) is 1. The quantitative estimate of drug-likeness (QED) is 0.695. The van der Waals surface area contributed by atoms with Crippen molar-refractivity contribution in [3.63, 3.8) is 0 Å². The first-order valence-electron chi connectivity index (χ1n) is 6.46. The summed E-state index contributed by atoms with van der Waals surface area (Å²) in [6, 6.07) is 0. The number of halogens is 1. The Hall–Kier alpha value is 0.440. The Labute approximate surface area is 101 Å². The Bertz CT molecular complexity index is 239. The first-order chi connectivity index (χ1) is 7.32. The van der Waals surface area contributed by atoms with E-state index in [1.54, 1.807) is 0 Å². The lowest BCUT2D eigenvalue weighted by atomic mass is 9.75. The summed E-state index contributed by atoms with van der Waals surface area (Å²) in [6.07, 6.45) is 8.68. The van der Waals surface area contributed by atoms with Gasteiger partial charge < -0.3 is 4.74 Å². The van der Waals surface area contributed by atoms with Gasteiger partial charge in [0.1, 0.15) is 0 Å². The lowest BCUT2D eigenvalue weighted by Crippen LogP contribution is -2.34. The zero-order valence-electron chi connectivity index (χ0n) is 9.38. The summed E-state index contributed by atoms with van der Waals surface area (Å²) in [5.74, 6) is 2.90. The van der Waals surface area contributed by atoms with Gasteiger partial charge in [-0.25, -0.2) is 0 Å². The molecule has 0 aliphatic heterocycles. The van der Waals surface area contributed by atoms with Gasteiger partial charge in [-0.15, -0.1) is 0 Å². The van der Waals surface area contributed by atoms with Gasteiger partial charge in [0, 0.05) is 17.4 Å². The zero-order chi connectivity index (χ0) is 10.3. The normalized spacial score (nSPS) is 43.8. The van der Waals surface area contributed by atoms with Crippen LogP contribution in [0, 0.1) is 23.2 Å². The van der Waals surface area contributed by atoms with Crippen LogP contribution in [0.5, 0.6) is 0 Å². The summed E-state index contributed by atoms with van der Waals surface area (Å²) in [7, 11) is 0. The molecule has 3 fully saturated rings. The van der Waals surface area contributed by atoms with E-state index in [1.807, 2.05) is 0 Å². The minimum Gasteiger partial charge on any atom is -0.381 e. The Balaban J connectivity index is 1.55. The van der Waals surface area contributed by atoms with Crippen LogP contribution in [0.4, 0.5) is 0 Å². The molecule has 0 saturated heterocycles. The van der Waals surface area contributed by atoms with Gasteiger partial charge in [-0.05, 0) is 49.9 Å². The molecule has 0 amide bonds. The molecule has 3 unspecified atom stereocenters. The van der Waals surface area contributed by atoms with E-state index >= 15 is 0 Å². The van der Waals surface area contributed by atoms with Crippen LogP contribution in [0.2, 0.25) is 0 Å². The van der Waals surface area contributed by atoms with Gasteiger partial charge in [0.25, 0.3) is 0 Å². The van der Waals surface area contributed by atoms with Crippen LogP contribution < -0.4 is 0 Å². The van der Waals surface area contributed by atoms with Crippen molar-refractivity contribution < 1.29 is 4.74 Å². The Morgan fingerprint density at radius 3 is 2.60 bits per heavy atom. The lowest BCUT2D eigenvalue weighted by Gasteiger charge is -2.36. The molecule has 3 atom stereocenters. The zero-order valence-corrected chi connectivity index (χ0v) is 11.0. The predicted molar refractivity (Wildman–Crippen MR) is 65.2 cm³/mol. The molecule has 0 N–H and O–H groups in total. The van der Waals surface area contributed by atoms with Gasteiger partial charge in [-0.3, -0.25) is 0 Å². The molecule has 0 aromatic rings. The summed E-state index contributed by atoms with van der Waals surface area (Å²) >= 11 is 3.74. The van der Waals surface area contributed by atoms with Crippen LogP contribution in [0.15, 0.2) is 0 Å². The van der Waals surface area contributed by atoms with E-state index < -0.39 is 0 Å². The molecular weight excluding hydrogens is 252 g/mol. The van der Waals surface area contributed by atoms with Crippen molar-refractivity contribution in [1.29, 1.82) is 0 Å². The number of hydrogen-bond donors (Lipinski definition) is 0. The van der Waals surface area contributed by atoms with E-state index in [1.165, 1.54) is 38.5 Å². The van der Waals surface area contributed by atoms with Crippen molar-refractivity contribution in [3.8, 4) is 0 Å². The van der Waals surface area contributed by atoms with Crippen LogP contribution in [0.1, 0.15) is 38.5 Å². The van der Waals surface area contributed by atoms with Gasteiger partial charge >= 0.3 is 0 Å². The second-order valence-electron chi connectivity index (χ2n) is 6.03. The third kappa shape index (κ3) is 2.00. The maximum absolute atomic E-state index is 5.96. The van der Waals surface area contributed by atoms with Gasteiger partial charge in [-0.2, -0.15) is 0 Å². The molecule has 0 heterocycles. The molecule has 3 saturated carbocycles. The SMILES string of the molecule is BrCC1(COCC2CC2)CC2CCC1C2. The highest BCUT2D eigenvalue weighted by Gasteiger charge is 2.50.